The lowest BCUT2D eigenvalue weighted by Gasteiger charge is -2.17. The first-order chi connectivity index (χ1) is 8.19. The molecule has 0 bridgehead atoms. The fraction of sp³-hybridized carbons (Fsp3) is 0.571. The predicted octanol–water partition coefficient (Wildman–Crippen LogP) is 3.27. The number of ether oxygens (including phenoxy) is 1. The molecule has 0 radical (unpaired) electrons. The van der Waals surface area contributed by atoms with Gasteiger partial charge >= 0.3 is 0 Å². The Hall–Kier alpha value is -1.38. The van der Waals surface area contributed by atoms with Gasteiger partial charge in [0.25, 0.3) is 0 Å². The maximum absolute atomic E-state index is 5.95. The third-order valence-electron chi connectivity index (χ3n) is 3.65. The van der Waals surface area contributed by atoms with E-state index in [2.05, 4.69) is 12.2 Å². The van der Waals surface area contributed by atoms with Crippen molar-refractivity contribution in [2.75, 3.05) is 24.7 Å². The molecule has 0 unspecified atom stereocenters. The Labute approximate surface area is 103 Å². The smallest absolute Gasteiger partial charge is 0.121 e. The second-order valence-corrected chi connectivity index (χ2v) is 5.06. The summed E-state index contributed by atoms with van der Waals surface area (Å²) in [5.41, 5.74) is 8.26. The van der Waals surface area contributed by atoms with Gasteiger partial charge in [-0.1, -0.05) is 13.3 Å². The number of nitrogen functional groups attached to an aromatic ring is 1. The average molecular weight is 234 g/mol. The van der Waals surface area contributed by atoms with Gasteiger partial charge in [-0.25, -0.2) is 0 Å². The van der Waals surface area contributed by atoms with Gasteiger partial charge in [-0.3, -0.25) is 0 Å². The summed E-state index contributed by atoms with van der Waals surface area (Å²) in [7, 11) is 1.68. The quantitative estimate of drug-likeness (QED) is 0.743. The molecule has 0 saturated heterocycles. The SMILES string of the molecule is CCCC1(CNc2cc(OC)ccc2N)CC1. The maximum atomic E-state index is 5.95. The lowest BCUT2D eigenvalue weighted by molar-refractivity contribution is 0.415. The lowest BCUT2D eigenvalue weighted by Crippen LogP contribution is -2.16. The molecular weight excluding hydrogens is 212 g/mol. The Balaban J connectivity index is 1.98. The van der Waals surface area contributed by atoms with Gasteiger partial charge in [0.15, 0.2) is 0 Å². The number of nitrogens with two attached hydrogens (primary N) is 1. The van der Waals surface area contributed by atoms with Crippen molar-refractivity contribution in [1.29, 1.82) is 0 Å². The summed E-state index contributed by atoms with van der Waals surface area (Å²) >= 11 is 0. The van der Waals surface area contributed by atoms with Gasteiger partial charge in [0.2, 0.25) is 0 Å². The molecule has 0 aromatic heterocycles. The van der Waals surface area contributed by atoms with Crippen LogP contribution in [0, 0.1) is 5.41 Å². The van der Waals surface area contributed by atoms with Gasteiger partial charge < -0.3 is 15.8 Å². The van der Waals surface area contributed by atoms with Crippen LogP contribution in [0.4, 0.5) is 11.4 Å². The molecule has 3 N–H and O–H groups in total. The summed E-state index contributed by atoms with van der Waals surface area (Å²) in [6, 6.07) is 5.75. The predicted molar refractivity (Wildman–Crippen MR) is 72.5 cm³/mol. The van der Waals surface area contributed by atoms with Crippen molar-refractivity contribution in [3.8, 4) is 5.75 Å². The van der Waals surface area contributed by atoms with E-state index in [1.54, 1.807) is 7.11 Å². The van der Waals surface area contributed by atoms with Crippen LogP contribution in [0.15, 0.2) is 18.2 Å². The summed E-state index contributed by atoms with van der Waals surface area (Å²) in [4.78, 5) is 0. The molecule has 94 valence electrons. The highest BCUT2D eigenvalue weighted by atomic mass is 16.5. The zero-order valence-electron chi connectivity index (χ0n) is 10.8. The number of rotatable bonds is 6. The van der Waals surface area contributed by atoms with Crippen molar-refractivity contribution in [3.05, 3.63) is 18.2 Å². The Morgan fingerprint density at radius 1 is 1.41 bits per heavy atom. The summed E-state index contributed by atoms with van der Waals surface area (Å²) in [5.74, 6) is 0.849. The minimum Gasteiger partial charge on any atom is -0.497 e. The van der Waals surface area contributed by atoms with Crippen molar-refractivity contribution < 1.29 is 4.74 Å². The Bertz CT molecular complexity index is 386. The number of methoxy groups -OCH3 is 1. The summed E-state index contributed by atoms with van der Waals surface area (Å²) in [6.07, 6.45) is 5.26. The van der Waals surface area contributed by atoms with E-state index in [1.165, 1.54) is 25.7 Å². The van der Waals surface area contributed by atoms with Crippen molar-refractivity contribution in [3.63, 3.8) is 0 Å². The van der Waals surface area contributed by atoms with Gasteiger partial charge in [0, 0.05) is 12.6 Å². The van der Waals surface area contributed by atoms with Gasteiger partial charge in [-0.2, -0.15) is 0 Å². The fourth-order valence-electron chi connectivity index (χ4n) is 2.32. The Kier molecular flexibility index (Phi) is 3.46. The van der Waals surface area contributed by atoms with Gasteiger partial charge in [-0.05, 0) is 36.8 Å². The van der Waals surface area contributed by atoms with E-state index in [1.807, 2.05) is 18.2 Å². The molecule has 1 aliphatic carbocycles. The molecule has 0 amide bonds. The average Bonchev–Trinajstić information content (AvgIpc) is 3.09. The summed E-state index contributed by atoms with van der Waals surface area (Å²) < 4.78 is 5.21. The standard InChI is InChI=1S/C14H22N2O/c1-3-6-14(7-8-14)10-16-13-9-11(17-2)4-5-12(13)15/h4-5,9,16H,3,6-8,10,15H2,1-2H3. The molecule has 1 fully saturated rings. The van der Waals surface area contributed by atoms with Crippen molar-refractivity contribution in [2.24, 2.45) is 5.41 Å². The van der Waals surface area contributed by atoms with E-state index in [0.717, 1.165) is 23.7 Å². The molecular formula is C14H22N2O. The number of nitrogens with one attached hydrogen (secondary N) is 1. The molecule has 3 heteroatoms. The highest BCUT2D eigenvalue weighted by Gasteiger charge is 2.41. The zero-order chi connectivity index (χ0) is 12.3. The molecule has 1 saturated carbocycles. The van der Waals surface area contributed by atoms with Crippen LogP contribution < -0.4 is 15.8 Å². The first-order valence-corrected chi connectivity index (χ1v) is 6.36. The normalized spacial score (nSPS) is 16.6. The topological polar surface area (TPSA) is 47.3 Å². The summed E-state index contributed by atoms with van der Waals surface area (Å²) in [6.45, 7) is 3.28. The second-order valence-electron chi connectivity index (χ2n) is 5.06. The number of hydrogen-bond donors (Lipinski definition) is 2. The van der Waals surface area contributed by atoms with Crippen LogP contribution >= 0.6 is 0 Å². The monoisotopic (exact) mass is 234 g/mol. The molecule has 1 aliphatic rings. The van der Waals surface area contributed by atoms with Crippen molar-refractivity contribution in [2.45, 2.75) is 32.6 Å². The van der Waals surface area contributed by atoms with E-state index < -0.39 is 0 Å². The highest BCUT2D eigenvalue weighted by molar-refractivity contribution is 5.68. The molecule has 17 heavy (non-hydrogen) atoms. The number of benzene rings is 1. The minimum absolute atomic E-state index is 0.532. The van der Waals surface area contributed by atoms with Crippen LogP contribution in [0.3, 0.4) is 0 Å². The van der Waals surface area contributed by atoms with E-state index in [-0.39, 0.29) is 0 Å². The van der Waals surface area contributed by atoms with Crippen LogP contribution in [-0.2, 0) is 0 Å². The Morgan fingerprint density at radius 2 is 2.18 bits per heavy atom. The zero-order valence-corrected chi connectivity index (χ0v) is 10.8. The second kappa shape index (κ2) is 4.86. The highest BCUT2D eigenvalue weighted by Crippen LogP contribution is 2.49. The van der Waals surface area contributed by atoms with Gasteiger partial charge in [0.05, 0.1) is 18.5 Å². The third-order valence-corrected chi connectivity index (χ3v) is 3.65. The fourth-order valence-corrected chi connectivity index (χ4v) is 2.32. The van der Waals surface area contributed by atoms with Gasteiger partial charge in [0.1, 0.15) is 5.75 Å². The van der Waals surface area contributed by atoms with Crippen LogP contribution in [-0.4, -0.2) is 13.7 Å². The first-order valence-electron chi connectivity index (χ1n) is 6.36. The molecule has 2 rings (SSSR count). The van der Waals surface area contributed by atoms with Crippen molar-refractivity contribution >= 4 is 11.4 Å². The molecule has 0 heterocycles. The van der Waals surface area contributed by atoms with Crippen molar-refractivity contribution in [1.82, 2.24) is 0 Å². The number of anilines is 2. The van der Waals surface area contributed by atoms with E-state index in [4.69, 9.17) is 10.5 Å². The lowest BCUT2D eigenvalue weighted by atomic mass is 10.0. The molecule has 1 aromatic rings. The van der Waals surface area contributed by atoms with E-state index in [0.29, 0.717) is 5.41 Å². The first kappa shape index (κ1) is 12.1. The van der Waals surface area contributed by atoms with Gasteiger partial charge in [-0.15, -0.1) is 0 Å². The van der Waals surface area contributed by atoms with E-state index in [9.17, 15) is 0 Å². The molecule has 3 nitrogen and oxygen atoms in total. The molecule has 0 aliphatic heterocycles. The maximum Gasteiger partial charge on any atom is 0.121 e. The van der Waals surface area contributed by atoms with Crippen LogP contribution in [0.5, 0.6) is 5.75 Å². The van der Waals surface area contributed by atoms with Crippen LogP contribution in [0.1, 0.15) is 32.6 Å². The number of hydrogen-bond acceptors (Lipinski definition) is 3. The Morgan fingerprint density at radius 3 is 2.76 bits per heavy atom. The third kappa shape index (κ3) is 2.84. The molecule has 0 atom stereocenters. The molecule has 0 spiro atoms. The summed E-state index contributed by atoms with van der Waals surface area (Å²) in [5, 5.41) is 3.47. The largest absolute Gasteiger partial charge is 0.497 e. The van der Waals surface area contributed by atoms with Crippen LogP contribution in [0.25, 0.3) is 0 Å². The van der Waals surface area contributed by atoms with Crippen LogP contribution in [0.2, 0.25) is 0 Å². The van der Waals surface area contributed by atoms with E-state index >= 15 is 0 Å². The minimum atomic E-state index is 0.532. The molecule has 1 aromatic carbocycles.